The minimum absolute atomic E-state index is 0.279. The summed E-state index contributed by atoms with van der Waals surface area (Å²) in [5.74, 6) is 0.101. The molecule has 0 fully saturated rings. The van der Waals surface area contributed by atoms with E-state index in [-0.39, 0.29) is 6.61 Å². The van der Waals surface area contributed by atoms with Crippen LogP contribution >= 0.6 is 0 Å². The van der Waals surface area contributed by atoms with Gasteiger partial charge in [0.1, 0.15) is 18.1 Å². The Labute approximate surface area is 152 Å². The summed E-state index contributed by atoms with van der Waals surface area (Å²) >= 11 is 0. The molecule has 0 spiro atoms. The van der Waals surface area contributed by atoms with Gasteiger partial charge in [0.15, 0.2) is 0 Å². The Balaban J connectivity index is 1.99. The summed E-state index contributed by atoms with van der Waals surface area (Å²) in [7, 11) is 0. The van der Waals surface area contributed by atoms with Crippen LogP contribution in [0.2, 0.25) is 0 Å². The van der Waals surface area contributed by atoms with E-state index in [0.29, 0.717) is 29.2 Å². The van der Waals surface area contributed by atoms with E-state index in [4.69, 9.17) is 9.47 Å². The van der Waals surface area contributed by atoms with Gasteiger partial charge >= 0.3 is 0 Å². The van der Waals surface area contributed by atoms with Gasteiger partial charge in [-0.1, -0.05) is 37.8 Å². The van der Waals surface area contributed by atoms with Crippen LogP contribution in [0.15, 0.2) is 61.2 Å². The van der Waals surface area contributed by atoms with Crippen LogP contribution in [-0.2, 0) is 0 Å². The fraction of sp³-hybridized carbons (Fsp3) is 0.200. The molecule has 2 N–H and O–H groups in total. The zero-order valence-electron chi connectivity index (χ0n) is 14.7. The minimum Gasteiger partial charge on any atom is -0.494 e. The van der Waals surface area contributed by atoms with E-state index in [2.05, 4.69) is 17.4 Å². The number of nitrogens with one attached hydrogen (secondary N) is 2. The summed E-state index contributed by atoms with van der Waals surface area (Å²) in [4.78, 5) is 24.6. The third-order valence-corrected chi connectivity index (χ3v) is 3.35. The molecular formula is C20H22N2O4. The molecule has 0 aromatic heterocycles. The Morgan fingerprint density at radius 3 is 2.58 bits per heavy atom. The van der Waals surface area contributed by atoms with Crippen molar-refractivity contribution in [3.63, 3.8) is 0 Å². The van der Waals surface area contributed by atoms with E-state index in [1.165, 1.54) is 0 Å². The number of rotatable bonds is 8. The second-order valence-electron chi connectivity index (χ2n) is 5.38. The molecule has 0 saturated carbocycles. The maximum atomic E-state index is 12.3. The number of hydrazine groups is 1. The normalized spacial score (nSPS) is 9.88. The van der Waals surface area contributed by atoms with Crippen LogP contribution in [0.1, 0.15) is 34.1 Å². The van der Waals surface area contributed by atoms with Gasteiger partial charge in [0.25, 0.3) is 11.8 Å². The molecular weight excluding hydrogens is 332 g/mol. The lowest BCUT2D eigenvalue weighted by molar-refractivity contribution is 0.0844. The Hall–Kier alpha value is -3.28. The second kappa shape index (κ2) is 9.88. The van der Waals surface area contributed by atoms with Gasteiger partial charge in [-0.15, -0.1) is 0 Å². The highest BCUT2D eigenvalue weighted by molar-refractivity contribution is 6.00. The first-order chi connectivity index (χ1) is 12.7. The molecule has 0 bridgehead atoms. The van der Waals surface area contributed by atoms with Crippen LogP contribution in [0.25, 0.3) is 0 Å². The summed E-state index contributed by atoms with van der Waals surface area (Å²) in [5.41, 5.74) is 5.48. The van der Waals surface area contributed by atoms with E-state index in [1.54, 1.807) is 54.6 Å². The Morgan fingerprint density at radius 1 is 1.04 bits per heavy atom. The zero-order chi connectivity index (χ0) is 18.8. The van der Waals surface area contributed by atoms with Crippen LogP contribution in [0, 0.1) is 0 Å². The second-order valence-corrected chi connectivity index (χ2v) is 5.38. The Kier molecular flexibility index (Phi) is 7.24. The zero-order valence-corrected chi connectivity index (χ0v) is 14.7. The maximum absolute atomic E-state index is 12.3. The quantitative estimate of drug-likeness (QED) is 0.564. The number of benzene rings is 2. The third-order valence-electron chi connectivity index (χ3n) is 3.35. The van der Waals surface area contributed by atoms with Gasteiger partial charge < -0.3 is 9.47 Å². The van der Waals surface area contributed by atoms with Gasteiger partial charge in [-0.05, 0) is 36.8 Å². The lowest BCUT2D eigenvalue weighted by Crippen LogP contribution is -2.41. The standard InChI is InChI=1S/C20H22N2O4/c1-3-12-25-16-9-7-8-15(14-16)19(23)21-22-20(24)17-10-5-6-11-18(17)26-13-4-2/h4-11,14H,2-3,12-13H2,1H3,(H,21,23)(H,22,24). The van der Waals surface area contributed by atoms with Gasteiger partial charge in [0.2, 0.25) is 0 Å². The molecule has 0 heterocycles. The van der Waals surface area contributed by atoms with Crippen molar-refractivity contribution in [1.82, 2.24) is 10.9 Å². The van der Waals surface area contributed by atoms with Crippen molar-refractivity contribution >= 4 is 11.8 Å². The first kappa shape index (κ1) is 19.1. The SMILES string of the molecule is C=CCOc1ccccc1C(=O)NNC(=O)c1cccc(OCCC)c1. The maximum Gasteiger partial charge on any atom is 0.273 e. The third kappa shape index (κ3) is 5.37. The molecule has 2 aromatic rings. The molecule has 0 aliphatic rings. The molecule has 2 aromatic carbocycles. The van der Waals surface area contributed by atoms with Crippen molar-refractivity contribution in [1.29, 1.82) is 0 Å². The largest absolute Gasteiger partial charge is 0.494 e. The van der Waals surface area contributed by atoms with Crippen molar-refractivity contribution in [3.05, 3.63) is 72.3 Å². The highest BCUT2D eigenvalue weighted by Crippen LogP contribution is 2.17. The number of para-hydroxylation sites is 1. The molecule has 26 heavy (non-hydrogen) atoms. The van der Waals surface area contributed by atoms with E-state index in [9.17, 15) is 9.59 Å². The summed E-state index contributed by atoms with van der Waals surface area (Å²) in [6, 6.07) is 13.5. The van der Waals surface area contributed by atoms with Crippen molar-refractivity contribution in [2.75, 3.05) is 13.2 Å². The number of carbonyl (C=O) groups excluding carboxylic acids is 2. The monoisotopic (exact) mass is 354 g/mol. The summed E-state index contributed by atoms with van der Waals surface area (Å²) in [6.45, 7) is 6.43. The molecule has 0 radical (unpaired) electrons. The van der Waals surface area contributed by atoms with Crippen LogP contribution in [0.4, 0.5) is 0 Å². The van der Waals surface area contributed by atoms with Crippen molar-refractivity contribution in [2.24, 2.45) is 0 Å². The molecule has 0 aliphatic heterocycles. The predicted octanol–water partition coefficient (Wildman–Crippen LogP) is 3.12. The van der Waals surface area contributed by atoms with Gasteiger partial charge in [-0.2, -0.15) is 0 Å². The summed E-state index contributed by atoms with van der Waals surface area (Å²) in [6.07, 6.45) is 2.46. The average Bonchev–Trinajstić information content (AvgIpc) is 2.69. The lowest BCUT2D eigenvalue weighted by atomic mass is 10.2. The number of amides is 2. The first-order valence-corrected chi connectivity index (χ1v) is 8.32. The van der Waals surface area contributed by atoms with Gasteiger partial charge in [0.05, 0.1) is 12.2 Å². The minimum atomic E-state index is -0.476. The number of hydrogen-bond acceptors (Lipinski definition) is 4. The molecule has 6 nitrogen and oxygen atoms in total. The van der Waals surface area contributed by atoms with Crippen LogP contribution in [0.5, 0.6) is 11.5 Å². The van der Waals surface area contributed by atoms with E-state index in [1.807, 2.05) is 6.92 Å². The highest BCUT2D eigenvalue weighted by Gasteiger charge is 2.13. The van der Waals surface area contributed by atoms with E-state index < -0.39 is 11.8 Å². The van der Waals surface area contributed by atoms with Gasteiger partial charge in [0, 0.05) is 5.56 Å². The highest BCUT2D eigenvalue weighted by atomic mass is 16.5. The number of hydrogen-bond donors (Lipinski definition) is 2. The van der Waals surface area contributed by atoms with Crippen LogP contribution < -0.4 is 20.3 Å². The summed E-state index contributed by atoms with van der Waals surface area (Å²) < 4.78 is 10.9. The van der Waals surface area contributed by atoms with Crippen molar-refractivity contribution in [2.45, 2.75) is 13.3 Å². The van der Waals surface area contributed by atoms with Gasteiger partial charge in [-0.25, -0.2) is 0 Å². The lowest BCUT2D eigenvalue weighted by Gasteiger charge is -2.12. The Bertz CT molecular complexity index is 774. The van der Waals surface area contributed by atoms with Crippen molar-refractivity contribution < 1.29 is 19.1 Å². The fourth-order valence-electron chi connectivity index (χ4n) is 2.13. The smallest absolute Gasteiger partial charge is 0.273 e. The molecule has 0 unspecified atom stereocenters. The van der Waals surface area contributed by atoms with E-state index in [0.717, 1.165) is 6.42 Å². The number of carbonyl (C=O) groups is 2. The first-order valence-electron chi connectivity index (χ1n) is 8.32. The van der Waals surface area contributed by atoms with Gasteiger partial charge in [-0.3, -0.25) is 20.4 Å². The predicted molar refractivity (Wildman–Crippen MR) is 99.3 cm³/mol. The molecule has 0 atom stereocenters. The van der Waals surface area contributed by atoms with Crippen LogP contribution in [-0.4, -0.2) is 25.0 Å². The van der Waals surface area contributed by atoms with Crippen LogP contribution in [0.3, 0.4) is 0 Å². The molecule has 0 saturated heterocycles. The molecule has 0 aliphatic carbocycles. The molecule has 136 valence electrons. The fourth-order valence-corrected chi connectivity index (χ4v) is 2.13. The molecule has 2 amide bonds. The topological polar surface area (TPSA) is 76.7 Å². The van der Waals surface area contributed by atoms with E-state index >= 15 is 0 Å². The molecule has 2 rings (SSSR count). The Morgan fingerprint density at radius 2 is 1.81 bits per heavy atom. The van der Waals surface area contributed by atoms with Crippen molar-refractivity contribution in [3.8, 4) is 11.5 Å². The molecule has 6 heteroatoms. The summed E-state index contributed by atoms with van der Waals surface area (Å²) in [5, 5.41) is 0. The average molecular weight is 354 g/mol. The number of ether oxygens (including phenoxy) is 2.